The minimum atomic E-state index is 0. The van der Waals surface area contributed by atoms with Crippen LogP contribution in [-0.2, 0) is 17.9 Å². The Bertz CT molecular complexity index is 668. The number of benzene rings is 2. The van der Waals surface area contributed by atoms with E-state index >= 15 is 0 Å². The van der Waals surface area contributed by atoms with E-state index in [2.05, 4.69) is 18.3 Å². The van der Waals surface area contributed by atoms with Crippen molar-refractivity contribution in [3.63, 3.8) is 0 Å². The SMILES string of the molecule is CCCCOCCCNCc1ccccc1OCc1ccc(Cl)cc1Cl.Cl. The van der Waals surface area contributed by atoms with Crippen molar-refractivity contribution in [3.05, 3.63) is 63.6 Å². The van der Waals surface area contributed by atoms with Crippen molar-refractivity contribution in [3.8, 4) is 5.75 Å². The van der Waals surface area contributed by atoms with Crippen molar-refractivity contribution >= 4 is 35.6 Å². The van der Waals surface area contributed by atoms with Crippen LogP contribution in [0.25, 0.3) is 0 Å². The van der Waals surface area contributed by atoms with Gasteiger partial charge in [-0.2, -0.15) is 0 Å². The quantitative estimate of drug-likeness (QED) is 0.400. The lowest BCUT2D eigenvalue weighted by Gasteiger charge is -2.13. The Hall–Kier alpha value is -0.970. The van der Waals surface area contributed by atoms with E-state index in [-0.39, 0.29) is 12.4 Å². The molecule has 0 atom stereocenters. The molecular formula is C21H28Cl3NO2. The predicted molar refractivity (Wildman–Crippen MR) is 117 cm³/mol. The summed E-state index contributed by atoms with van der Waals surface area (Å²) in [5, 5.41) is 4.69. The Balaban J connectivity index is 0.00000364. The number of hydrogen-bond donors (Lipinski definition) is 1. The molecule has 2 rings (SSSR count). The van der Waals surface area contributed by atoms with Crippen molar-refractivity contribution in [1.29, 1.82) is 0 Å². The topological polar surface area (TPSA) is 30.5 Å². The summed E-state index contributed by atoms with van der Waals surface area (Å²) >= 11 is 12.1. The second kappa shape index (κ2) is 14.1. The van der Waals surface area contributed by atoms with Crippen LogP contribution in [0.2, 0.25) is 10.0 Å². The van der Waals surface area contributed by atoms with E-state index in [9.17, 15) is 0 Å². The molecule has 0 aliphatic heterocycles. The molecule has 150 valence electrons. The highest BCUT2D eigenvalue weighted by Crippen LogP contribution is 2.24. The minimum Gasteiger partial charge on any atom is -0.489 e. The lowest BCUT2D eigenvalue weighted by Crippen LogP contribution is -2.17. The molecule has 6 heteroatoms. The van der Waals surface area contributed by atoms with Gasteiger partial charge in [0.2, 0.25) is 0 Å². The zero-order valence-corrected chi connectivity index (χ0v) is 18.0. The molecule has 0 aliphatic rings. The first-order valence-corrected chi connectivity index (χ1v) is 9.89. The Kier molecular flexibility index (Phi) is 12.6. The number of para-hydroxylation sites is 1. The van der Waals surface area contributed by atoms with Crippen LogP contribution in [0.3, 0.4) is 0 Å². The van der Waals surface area contributed by atoms with Gasteiger partial charge in [0.1, 0.15) is 12.4 Å². The second-order valence-corrected chi connectivity index (χ2v) is 6.97. The molecule has 0 bridgehead atoms. The van der Waals surface area contributed by atoms with E-state index in [1.165, 1.54) is 6.42 Å². The van der Waals surface area contributed by atoms with E-state index in [0.29, 0.717) is 16.7 Å². The van der Waals surface area contributed by atoms with E-state index in [1.807, 2.05) is 30.3 Å². The number of hydrogen-bond acceptors (Lipinski definition) is 3. The number of rotatable bonds is 12. The summed E-state index contributed by atoms with van der Waals surface area (Å²) in [6.45, 7) is 5.94. The lowest BCUT2D eigenvalue weighted by molar-refractivity contribution is 0.128. The maximum Gasteiger partial charge on any atom is 0.124 e. The number of halogens is 3. The maximum atomic E-state index is 6.21. The minimum absolute atomic E-state index is 0. The van der Waals surface area contributed by atoms with Gasteiger partial charge in [-0.05, 0) is 37.6 Å². The van der Waals surface area contributed by atoms with Crippen LogP contribution in [-0.4, -0.2) is 19.8 Å². The molecule has 0 heterocycles. The van der Waals surface area contributed by atoms with Gasteiger partial charge in [-0.1, -0.05) is 60.8 Å². The van der Waals surface area contributed by atoms with Gasteiger partial charge in [0.15, 0.2) is 0 Å². The van der Waals surface area contributed by atoms with Gasteiger partial charge in [0, 0.05) is 40.9 Å². The van der Waals surface area contributed by atoms with Crippen LogP contribution in [0.15, 0.2) is 42.5 Å². The fourth-order valence-electron chi connectivity index (χ4n) is 2.46. The monoisotopic (exact) mass is 431 g/mol. The zero-order chi connectivity index (χ0) is 18.6. The first-order chi connectivity index (χ1) is 12.7. The summed E-state index contributed by atoms with van der Waals surface area (Å²) in [7, 11) is 0. The first kappa shape index (κ1) is 24.1. The smallest absolute Gasteiger partial charge is 0.124 e. The van der Waals surface area contributed by atoms with Gasteiger partial charge < -0.3 is 14.8 Å². The molecule has 2 aromatic rings. The molecule has 0 aromatic heterocycles. The summed E-state index contributed by atoms with van der Waals surface area (Å²) in [5.74, 6) is 0.866. The van der Waals surface area contributed by atoms with Crippen LogP contribution in [0.5, 0.6) is 5.75 Å². The van der Waals surface area contributed by atoms with E-state index in [1.54, 1.807) is 6.07 Å². The first-order valence-electron chi connectivity index (χ1n) is 9.13. The van der Waals surface area contributed by atoms with E-state index in [0.717, 1.165) is 56.0 Å². The highest BCUT2D eigenvalue weighted by atomic mass is 35.5. The van der Waals surface area contributed by atoms with Crippen molar-refractivity contribution < 1.29 is 9.47 Å². The molecule has 0 saturated carbocycles. The molecular weight excluding hydrogens is 405 g/mol. The third kappa shape index (κ3) is 9.18. The summed E-state index contributed by atoms with van der Waals surface area (Å²) in [6, 6.07) is 13.5. The summed E-state index contributed by atoms with van der Waals surface area (Å²) in [4.78, 5) is 0. The molecule has 3 nitrogen and oxygen atoms in total. The molecule has 0 aliphatic carbocycles. The average Bonchev–Trinajstić information content (AvgIpc) is 2.64. The molecule has 0 saturated heterocycles. The molecule has 27 heavy (non-hydrogen) atoms. The predicted octanol–water partition coefficient (Wildman–Crippen LogP) is 6.29. The summed E-state index contributed by atoms with van der Waals surface area (Å²) < 4.78 is 11.5. The highest BCUT2D eigenvalue weighted by Gasteiger charge is 2.06. The van der Waals surface area contributed by atoms with Crippen LogP contribution < -0.4 is 10.1 Å². The van der Waals surface area contributed by atoms with E-state index in [4.69, 9.17) is 32.7 Å². The third-order valence-electron chi connectivity index (χ3n) is 3.97. The third-order valence-corrected chi connectivity index (χ3v) is 4.56. The Morgan fingerprint density at radius 2 is 1.74 bits per heavy atom. The van der Waals surface area contributed by atoms with Gasteiger partial charge in [-0.3, -0.25) is 0 Å². The lowest BCUT2D eigenvalue weighted by atomic mass is 10.2. The Morgan fingerprint density at radius 1 is 0.963 bits per heavy atom. The summed E-state index contributed by atoms with van der Waals surface area (Å²) in [5.41, 5.74) is 2.05. The van der Waals surface area contributed by atoms with Crippen LogP contribution in [0, 0.1) is 0 Å². The van der Waals surface area contributed by atoms with E-state index < -0.39 is 0 Å². The molecule has 0 amide bonds. The normalized spacial score (nSPS) is 10.5. The van der Waals surface area contributed by atoms with Gasteiger partial charge in [0.25, 0.3) is 0 Å². The number of nitrogens with one attached hydrogen (secondary N) is 1. The van der Waals surface area contributed by atoms with Gasteiger partial charge >= 0.3 is 0 Å². The van der Waals surface area contributed by atoms with Crippen LogP contribution >= 0.6 is 35.6 Å². The second-order valence-electron chi connectivity index (χ2n) is 6.13. The van der Waals surface area contributed by atoms with Crippen molar-refractivity contribution in [2.24, 2.45) is 0 Å². The fourth-order valence-corrected chi connectivity index (χ4v) is 2.92. The highest BCUT2D eigenvalue weighted by molar-refractivity contribution is 6.35. The molecule has 2 aromatic carbocycles. The van der Waals surface area contributed by atoms with Crippen molar-refractivity contribution in [2.75, 3.05) is 19.8 Å². The molecule has 0 radical (unpaired) electrons. The zero-order valence-electron chi connectivity index (χ0n) is 15.7. The number of unbranched alkanes of at least 4 members (excludes halogenated alkanes) is 1. The summed E-state index contributed by atoms with van der Waals surface area (Å²) in [6.07, 6.45) is 3.32. The molecule has 0 fully saturated rings. The molecule has 1 N–H and O–H groups in total. The van der Waals surface area contributed by atoms with Crippen molar-refractivity contribution in [2.45, 2.75) is 39.3 Å². The standard InChI is InChI=1S/C21H27Cl2NO2.ClH/c1-2-3-12-25-13-6-11-24-15-17-7-4-5-8-21(17)26-16-18-9-10-19(22)14-20(18)23;/h4-5,7-10,14,24H,2-3,6,11-13,15-16H2,1H3;1H. The molecule has 0 spiro atoms. The maximum absolute atomic E-state index is 6.21. The number of ether oxygens (including phenoxy) is 2. The largest absolute Gasteiger partial charge is 0.489 e. The molecule has 0 unspecified atom stereocenters. The van der Waals surface area contributed by atoms with Gasteiger partial charge in [-0.15, -0.1) is 12.4 Å². The van der Waals surface area contributed by atoms with Gasteiger partial charge in [-0.25, -0.2) is 0 Å². The average molecular weight is 433 g/mol. The van der Waals surface area contributed by atoms with Crippen LogP contribution in [0.1, 0.15) is 37.3 Å². The van der Waals surface area contributed by atoms with Crippen LogP contribution in [0.4, 0.5) is 0 Å². The Labute approximate surface area is 178 Å². The Morgan fingerprint density at radius 3 is 2.52 bits per heavy atom. The fraction of sp³-hybridized carbons (Fsp3) is 0.429. The van der Waals surface area contributed by atoms with Gasteiger partial charge in [0.05, 0.1) is 0 Å². The van der Waals surface area contributed by atoms with Crippen molar-refractivity contribution in [1.82, 2.24) is 5.32 Å².